The van der Waals surface area contributed by atoms with Gasteiger partial charge in [-0.25, -0.2) is 4.79 Å². The maximum Gasteiger partial charge on any atom is 0.490 e. The number of carbonyl (C=O) groups excluding carboxylic acids is 1. The minimum Gasteiger partial charge on any atom is -0.459 e. The highest BCUT2D eigenvalue weighted by Gasteiger charge is 2.41. The lowest BCUT2D eigenvalue weighted by atomic mass is 9.78. The zero-order chi connectivity index (χ0) is 19.0. The molecule has 0 N–H and O–H groups in total. The molecule has 26 heavy (non-hydrogen) atoms. The monoisotopic (exact) mass is 374 g/mol. The highest BCUT2D eigenvalue weighted by molar-refractivity contribution is 5.75. The highest BCUT2D eigenvalue weighted by atomic mass is 19.4. The van der Waals surface area contributed by atoms with Crippen LogP contribution in [0.4, 0.5) is 13.2 Å². The zero-order valence-corrected chi connectivity index (χ0v) is 15.9. The van der Waals surface area contributed by atoms with Crippen LogP contribution in [0.25, 0.3) is 0 Å². The molecule has 150 valence electrons. The van der Waals surface area contributed by atoms with Crippen LogP contribution in [0.15, 0.2) is 12.2 Å². The fourth-order valence-electron chi connectivity index (χ4n) is 4.30. The fraction of sp³-hybridized carbons (Fsp3) is 0.857. The van der Waals surface area contributed by atoms with Crippen molar-refractivity contribution in [3.05, 3.63) is 12.2 Å². The van der Waals surface area contributed by atoms with Crippen molar-refractivity contribution >= 4 is 5.97 Å². The lowest BCUT2D eigenvalue weighted by Crippen LogP contribution is -2.28. The Labute approximate surface area is 155 Å². The van der Waals surface area contributed by atoms with Gasteiger partial charge < -0.3 is 4.74 Å². The van der Waals surface area contributed by atoms with E-state index in [1.165, 1.54) is 44.9 Å². The van der Waals surface area contributed by atoms with Gasteiger partial charge in [0.2, 0.25) is 0 Å². The molecule has 5 heteroatoms. The van der Waals surface area contributed by atoms with Gasteiger partial charge in [0.15, 0.2) is 0 Å². The zero-order valence-electron chi connectivity index (χ0n) is 15.9. The van der Waals surface area contributed by atoms with E-state index in [0.29, 0.717) is 11.8 Å². The predicted molar refractivity (Wildman–Crippen MR) is 96.6 cm³/mol. The second kappa shape index (κ2) is 10.4. The topological polar surface area (TPSA) is 26.3 Å². The van der Waals surface area contributed by atoms with Crippen molar-refractivity contribution in [1.29, 1.82) is 0 Å². The summed E-state index contributed by atoms with van der Waals surface area (Å²) < 4.78 is 40.8. The van der Waals surface area contributed by atoms with Gasteiger partial charge in [-0.05, 0) is 75.0 Å². The molecule has 0 atom stereocenters. The number of ether oxygens (including phenoxy) is 1. The number of hydrogen-bond donors (Lipinski definition) is 0. The Morgan fingerprint density at radius 1 is 0.923 bits per heavy atom. The van der Waals surface area contributed by atoms with Gasteiger partial charge in [0.25, 0.3) is 0 Å². The van der Waals surface area contributed by atoms with Crippen molar-refractivity contribution < 1.29 is 22.7 Å². The predicted octanol–water partition coefficient (Wildman–Crippen LogP) is 6.45. The van der Waals surface area contributed by atoms with E-state index >= 15 is 0 Å². The van der Waals surface area contributed by atoms with Crippen molar-refractivity contribution in [1.82, 2.24) is 0 Å². The lowest BCUT2D eigenvalue weighted by Gasteiger charge is -2.28. The number of rotatable bonds is 7. The van der Waals surface area contributed by atoms with Crippen LogP contribution in [-0.2, 0) is 9.53 Å². The van der Waals surface area contributed by atoms with Crippen LogP contribution in [0.5, 0.6) is 0 Å². The second-order valence-electron chi connectivity index (χ2n) is 8.18. The Bertz CT molecular complexity index is 443. The second-order valence-corrected chi connectivity index (χ2v) is 8.18. The van der Waals surface area contributed by atoms with Gasteiger partial charge in [-0.2, -0.15) is 13.2 Å². The SMILES string of the molecule is CCCCC1CCC(/C=C/C2CCC(COC(=O)C(F)(F)F)CC2)CC1. The van der Waals surface area contributed by atoms with Crippen LogP contribution >= 0.6 is 0 Å². The molecular weight excluding hydrogens is 341 g/mol. The third-order valence-corrected chi connectivity index (χ3v) is 6.09. The molecule has 0 aliphatic heterocycles. The summed E-state index contributed by atoms with van der Waals surface area (Å²) in [4.78, 5) is 10.8. The lowest BCUT2D eigenvalue weighted by molar-refractivity contribution is -0.201. The molecule has 0 aromatic heterocycles. The average molecular weight is 374 g/mol. The molecule has 0 bridgehead atoms. The van der Waals surface area contributed by atoms with Gasteiger partial charge in [0.05, 0.1) is 6.61 Å². The van der Waals surface area contributed by atoms with E-state index in [1.54, 1.807) is 0 Å². The molecule has 2 fully saturated rings. The molecule has 0 aromatic rings. The number of allylic oxidation sites excluding steroid dienone is 2. The first-order chi connectivity index (χ1) is 12.4. The number of hydrogen-bond acceptors (Lipinski definition) is 2. The molecule has 2 saturated carbocycles. The first-order valence-electron chi connectivity index (χ1n) is 10.3. The fourth-order valence-corrected chi connectivity index (χ4v) is 4.30. The maximum absolute atomic E-state index is 12.1. The largest absolute Gasteiger partial charge is 0.490 e. The Balaban J connectivity index is 1.61. The third-order valence-electron chi connectivity index (χ3n) is 6.09. The summed E-state index contributed by atoms with van der Waals surface area (Å²) in [5.74, 6) is 0.171. The van der Waals surface area contributed by atoms with Crippen LogP contribution in [0.1, 0.15) is 77.6 Å². The Morgan fingerprint density at radius 2 is 1.42 bits per heavy atom. The van der Waals surface area contributed by atoms with E-state index in [9.17, 15) is 18.0 Å². The summed E-state index contributed by atoms with van der Waals surface area (Å²) in [6.45, 7) is 2.15. The summed E-state index contributed by atoms with van der Waals surface area (Å²) in [6.07, 6.45) is 12.8. The van der Waals surface area contributed by atoms with Gasteiger partial charge >= 0.3 is 12.1 Å². The first kappa shape index (κ1) is 21.3. The van der Waals surface area contributed by atoms with Crippen LogP contribution in [-0.4, -0.2) is 18.8 Å². The van der Waals surface area contributed by atoms with Crippen molar-refractivity contribution in [2.75, 3.05) is 6.61 Å². The van der Waals surface area contributed by atoms with E-state index in [2.05, 4.69) is 23.8 Å². The summed E-state index contributed by atoms with van der Waals surface area (Å²) in [5, 5.41) is 0. The summed E-state index contributed by atoms with van der Waals surface area (Å²) in [7, 11) is 0. The van der Waals surface area contributed by atoms with Gasteiger partial charge in [0, 0.05) is 0 Å². The Morgan fingerprint density at radius 3 is 1.88 bits per heavy atom. The van der Waals surface area contributed by atoms with E-state index in [4.69, 9.17) is 0 Å². The van der Waals surface area contributed by atoms with E-state index < -0.39 is 12.1 Å². The molecule has 0 unspecified atom stereocenters. The molecule has 0 saturated heterocycles. The number of esters is 1. The molecule has 0 amide bonds. The quantitative estimate of drug-likeness (QED) is 0.378. The van der Waals surface area contributed by atoms with E-state index in [0.717, 1.165) is 31.6 Å². The Kier molecular flexibility index (Phi) is 8.49. The molecule has 0 radical (unpaired) electrons. The summed E-state index contributed by atoms with van der Waals surface area (Å²) in [6, 6.07) is 0. The number of unbranched alkanes of at least 4 members (excludes halogenated alkanes) is 1. The first-order valence-corrected chi connectivity index (χ1v) is 10.3. The van der Waals surface area contributed by atoms with Gasteiger partial charge in [-0.1, -0.05) is 38.3 Å². The molecule has 2 aliphatic rings. The van der Waals surface area contributed by atoms with Crippen LogP contribution in [0.2, 0.25) is 0 Å². The number of halogens is 3. The standard InChI is InChI=1S/C21H33F3O2/c1-2-3-4-16-5-7-17(8-6-16)9-10-18-11-13-19(14-12-18)15-26-20(25)21(22,23)24/h9-10,16-19H,2-8,11-15H2,1H3/b10-9+. The van der Waals surface area contributed by atoms with E-state index in [-0.39, 0.29) is 12.5 Å². The van der Waals surface area contributed by atoms with Crippen LogP contribution < -0.4 is 0 Å². The van der Waals surface area contributed by atoms with Gasteiger partial charge in [-0.3, -0.25) is 0 Å². The van der Waals surface area contributed by atoms with E-state index in [1.807, 2.05) is 0 Å². The summed E-state index contributed by atoms with van der Waals surface area (Å²) in [5.41, 5.74) is 0. The highest BCUT2D eigenvalue weighted by Crippen LogP contribution is 2.34. The average Bonchev–Trinajstić information content (AvgIpc) is 2.63. The maximum atomic E-state index is 12.1. The molecule has 0 heterocycles. The Hall–Kier alpha value is -1.00. The summed E-state index contributed by atoms with van der Waals surface area (Å²) >= 11 is 0. The molecule has 2 rings (SSSR count). The van der Waals surface area contributed by atoms with Crippen molar-refractivity contribution in [2.45, 2.75) is 83.7 Å². The van der Waals surface area contributed by atoms with Crippen LogP contribution in [0, 0.1) is 23.7 Å². The van der Waals surface area contributed by atoms with Crippen molar-refractivity contribution in [2.24, 2.45) is 23.7 Å². The number of carbonyl (C=O) groups is 1. The normalized spacial score (nSPS) is 30.5. The van der Waals surface area contributed by atoms with Gasteiger partial charge in [-0.15, -0.1) is 0 Å². The van der Waals surface area contributed by atoms with Crippen molar-refractivity contribution in [3.63, 3.8) is 0 Å². The van der Waals surface area contributed by atoms with Crippen molar-refractivity contribution in [3.8, 4) is 0 Å². The van der Waals surface area contributed by atoms with Gasteiger partial charge in [0.1, 0.15) is 0 Å². The number of alkyl halides is 3. The molecule has 0 aromatic carbocycles. The molecule has 2 nitrogen and oxygen atoms in total. The minimum atomic E-state index is -4.88. The smallest absolute Gasteiger partial charge is 0.459 e. The third kappa shape index (κ3) is 7.32. The van der Waals surface area contributed by atoms with Crippen LogP contribution in [0.3, 0.4) is 0 Å². The minimum absolute atomic E-state index is 0.0694. The molecular formula is C21H33F3O2. The molecule has 2 aliphatic carbocycles. The molecule has 0 spiro atoms.